The Morgan fingerprint density at radius 2 is 1.90 bits per heavy atom. The molecule has 0 aliphatic carbocycles. The summed E-state index contributed by atoms with van der Waals surface area (Å²) in [6, 6.07) is 9.51. The van der Waals surface area contributed by atoms with E-state index in [0.29, 0.717) is 0 Å². The Morgan fingerprint density at radius 3 is 2.60 bits per heavy atom. The van der Waals surface area contributed by atoms with Crippen molar-refractivity contribution in [2.75, 3.05) is 5.32 Å². The van der Waals surface area contributed by atoms with Gasteiger partial charge < -0.3 is 5.32 Å². The van der Waals surface area contributed by atoms with Crippen LogP contribution in [0.3, 0.4) is 0 Å². The van der Waals surface area contributed by atoms with Gasteiger partial charge in [0.1, 0.15) is 5.56 Å². The zero-order valence-electron chi connectivity index (χ0n) is 9.97. The van der Waals surface area contributed by atoms with Crippen LogP contribution in [0.15, 0.2) is 42.5 Å². The quantitative estimate of drug-likeness (QED) is 0.694. The van der Waals surface area contributed by atoms with Gasteiger partial charge in [0.25, 0.3) is 11.6 Å². The number of rotatable bonds is 3. The minimum absolute atomic E-state index is 0.138. The Morgan fingerprint density at radius 1 is 1.20 bits per heavy atom. The van der Waals surface area contributed by atoms with Gasteiger partial charge in [-0.25, -0.2) is 4.39 Å². The van der Waals surface area contributed by atoms with Crippen molar-refractivity contribution in [2.45, 2.75) is 0 Å². The summed E-state index contributed by atoms with van der Waals surface area (Å²) in [4.78, 5) is 22.1. The summed E-state index contributed by atoms with van der Waals surface area (Å²) in [5, 5.41) is 12.9. The highest BCUT2D eigenvalue weighted by Crippen LogP contribution is 2.24. The second kappa shape index (κ2) is 5.66. The second-order valence-corrected chi connectivity index (χ2v) is 4.24. The average molecular weight is 295 g/mol. The highest BCUT2D eigenvalue weighted by molar-refractivity contribution is 6.31. The number of nitro groups is 1. The zero-order chi connectivity index (χ0) is 14.7. The largest absolute Gasteiger partial charge is 0.319 e. The molecule has 1 amide bonds. The number of hydrogen-bond donors (Lipinski definition) is 1. The number of anilines is 1. The normalized spacial score (nSPS) is 10.1. The molecule has 0 saturated heterocycles. The lowest BCUT2D eigenvalue weighted by atomic mass is 10.1. The molecule has 0 bridgehead atoms. The van der Waals surface area contributed by atoms with E-state index in [-0.39, 0.29) is 22.0 Å². The van der Waals surface area contributed by atoms with E-state index in [1.54, 1.807) is 0 Å². The summed E-state index contributed by atoms with van der Waals surface area (Å²) in [6.07, 6.45) is 0. The second-order valence-electron chi connectivity index (χ2n) is 3.83. The molecule has 0 aliphatic heterocycles. The molecule has 0 heterocycles. The Kier molecular flexibility index (Phi) is 3.95. The van der Waals surface area contributed by atoms with Crippen molar-refractivity contribution in [1.29, 1.82) is 0 Å². The van der Waals surface area contributed by atoms with Gasteiger partial charge >= 0.3 is 0 Å². The molecule has 0 aliphatic rings. The SMILES string of the molecule is O=C(Nc1cccc(Cl)c1F)c1ccccc1[N+](=O)[O-]. The van der Waals surface area contributed by atoms with Gasteiger partial charge in [-0.1, -0.05) is 29.8 Å². The highest BCUT2D eigenvalue weighted by Gasteiger charge is 2.20. The van der Waals surface area contributed by atoms with Gasteiger partial charge in [-0.05, 0) is 18.2 Å². The molecule has 102 valence electrons. The van der Waals surface area contributed by atoms with Crippen LogP contribution in [0.4, 0.5) is 15.8 Å². The lowest BCUT2D eigenvalue weighted by Crippen LogP contribution is -2.14. The van der Waals surface area contributed by atoms with Gasteiger partial charge in [0.2, 0.25) is 0 Å². The smallest absolute Gasteiger partial charge is 0.282 e. The summed E-state index contributed by atoms with van der Waals surface area (Å²) in [5.41, 5.74) is -0.648. The van der Waals surface area contributed by atoms with E-state index in [9.17, 15) is 19.3 Å². The first kappa shape index (κ1) is 14.0. The third-order valence-corrected chi connectivity index (χ3v) is 2.84. The summed E-state index contributed by atoms with van der Waals surface area (Å²) in [6.45, 7) is 0. The van der Waals surface area contributed by atoms with Crippen LogP contribution in [0.1, 0.15) is 10.4 Å². The van der Waals surface area contributed by atoms with Crippen molar-refractivity contribution in [3.63, 3.8) is 0 Å². The van der Waals surface area contributed by atoms with Crippen molar-refractivity contribution in [3.8, 4) is 0 Å². The molecule has 0 atom stereocenters. The molecular weight excluding hydrogens is 287 g/mol. The van der Waals surface area contributed by atoms with Crippen LogP contribution in [0.5, 0.6) is 0 Å². The number of nitrogens with one attached hydrogen (secondary N) is 1. The van der Waals surface area contributed by atoms with Gasteiger partial charge in [0, 0.05) is 6.07 Å². The number of nitro benzene ring substituents is 1. The van der Waals surface area contributed by atoms with E-state index >= 15 is 0 Å². The number of amides is 1. The van der Waals surface area contributed by atoms with Crippen LogP contribution in [-0.4, -0.2) is 10.8 Å². The van der Waals surface area contributed by atoms with Crippen LogP contribution < -0.4 is 5.32 Å². The molecule has 5 nitrogen and oxygen atoms in total. The summed E-state index contributed by atoms with van der Waals surface area (Å²) in [5.74, 6) is -1.57. The standard InChI is InChI=1S/C13H8ClFN2O3/c14-9-5-3-6-10(12(9)15)16-13(18)8-4-1-2-7-11(8)17(19)20/h1-7H,(H,16,18). The van der Waals surface area contributed by atoms with E-state index < -0.39 is 16.6 Å². The zero-order valence-corrected chi connectivity index (χ0v) is 10.7. The van der Waals surface area contributed by atoms with Crippen molar-refractivity contribution in [1.82, 2.24) is 0 Å². The molecule has 0 radical (unpaired) electrons. The lowest BCUT2D eigenvalue weighted by molar-refractivity contribution is -0.385. The van der Waals surface area contributed by atoms with Gasteiger partial charge in [-0.15, -0.1) is 0 Å². The fourth-order valence-electron chi connectivity index (χ4n) is 1.61. The van der Waals surface area contributed by atoms with Crippen LogP contribution >= 0.6 is 11.6 Å². The van der Waals surface area contributed by atoms with Gasteiger partial charge in [-0.2, -0.15) is 0 Å². The molecule has 1 N–H and O–H groups in total. The van der Waals surface area contributed by atoms with E-state index in [2.05, 4.69) is 5.32 Å². The number of carbonyl (C=O) groups excluding carboxylic acids is 1. The molecule has 0 aromatic heterocycles. The molecule has 0 saturated carbocycles. The number of carbonyl (C=O) groups is 1. The minimum atomic E-state index is -0.791. The van der Waals surface area contributed by atoms with Crippen molar-refractivity contribution < 1.29 is 14.1 Å². The number of halogens is 2. The van der Waals surface area contributed by atoms with Crippen molar-refractivity contribution in [2.24, 2.45) is 0 Å². The fraction of sp³-hybridized carbons (Fsp3) is 0. The molecule has 2 aromatic carbocycles. The summed E-state index contributed by atoms with van der Waals surface area (Å²) in [7, 11) is 0. The van der Waals surface area contributed by atoms with Crippen LogP contribution in [0.25, 0.3) is 0 Å². The van der Waals surface area contributed by atoms with E-state index in [1.165, 1.54) is 42.5 Å². The first-order valence-electron chi connectivity index (χ1n) is 5.49. The number of hydrogen-bond acceptors (Lipinski definition) is 3. The molecule has 0 unspecified atom stereocenters. The Bertz CT molecular complexity index is 691. The first-order chi connectivity index (χ1) is 9.50. The number of para-hydroxylation sites is 1. The van der Waals surface area contributed by atoms with E-state index in [0.717, 1.165) is 0 Å². The molecule has 0 spiro atoms. The minimum Gasteiger partial charge on any atom is -0.319 e. The third kappa shape index (κ3) is 2.75. The van der Waals surface area contributed by atoms with Crippen LogP contribution in [0.2, 0.25) is 5.02 Å². The molecule has 0 fully saturated rings. The third-order valence-electron chi connectivity index (χ3n) is 2.55. The van der Waals surface area contributed by atoms with Crippen molar-refractivity contribution in [3.05, 3.63) is 69.0 Å². The maximum Gasteiger partial charge on any atom is 0.282 e. The van der Waals surface area contributed by atoms with Gasteiger partial charge in [0.15, 0.2) is 5.82 Å². The highest BCUT2D eigenvalue weighted by atomic mass is 35.5. The maximum atomic E-state index is 13.7. The monoisotopic (exact) mass is 294 g/mol. The Balaban J connectivity index is 2.34. The summed E-state index contributed by atoms with van der Waals surface area (Å²) < 4.78 is 13.7. The molecular formula is C13H8ClFN2O3. The Labute approximate surface area is 118 Å². The van der Waals surface area contributed by atoms with Crippen molar-refractivity contribution >= 4 is 28.9 Å². The van der Waals surface area contributed by atoms with Crippen LogP contribution in [-0.2, 0) is 0 Å². The predicted octanol–water partition coefficient (Wildman–Crippen LogP) is 3.64. The van der Waals surface area contributed by atoms with Gasteiger partial charge in [0.05, 0.1) is 15.6 Å². The summed E-state index contributed by atoms with van der Waals surface area (Å²) >= 11 is 5.59. The molecule has 7 heteroatoms. The molecule has 2 rings (SSSR count). The predicted molar refractivity (Wildman–Crippen MR) is 72.5 cm³/mol. The van der Waals surface area contributed by atoms with Gasteiger partial charge in [-0.3, -0.25) is 14.9 Å². The first-order valence-corrected chi connectivity index (χ1v) is 5.87. The van der Waals surface area contributed by atoms with E-state index in [1.807, 2.05) is 0 Å². The number of benzene rings is 2. The topological polar surface area (TPSA) is 72.2 Å². The van der Waals surface area contributed by atoms with E-state index in [4.69, 9.17) is 11.6 Å². The van der Waals surface area contributed by atoms with Crippen LogP contribution in [0, 0.1) is 15.9 Å². The average Bonchev–Trinajstić information content (AvgIpc) is 2.43. The Hall–Kier alpha value is -2.47. The fourth-order valence-corrected chi connectivity index (χ4v) is 1.79. The molecule has 2 aromatic rings. The lowest BCUT2D eigenvalue weighted by Gasteiger charge is -2.07. The number of nitrogens with zero attached hydrogens (tertiary/aromatic N) is 1. The maximum absolute atomic E-state index is 13.7. The molecule has 20 heavy (non-hydrogen) atoms.